The molecule has 22 heavy (non-hydrogen) atoms. The fourth-order valence-electron chi connectivity index (χ4n) is 2.37. The van der Waals surface area contributed by atoms with Crippen molar-refractivity contribution in [1.29, 1.82) is 0 Å². The van der Waals surface area contributed by atoms with Gasteiger partial charge in [0.25, 0.3) is 5.91 Å². The fraction of sp³-hybridized carbons (Fsp3) is 0.176. The summed E-state index contributed by atoms with van der Waals surface area (Å²) in [6, 6.07) is 16.9. The van der Waals surface area contributed by atoms with Crippen molar-refractivity contribution in [2.24, 2.45) is 4.99 Å². The van der Waals surface area contributed by atoms with E-state index in [1.807, 2.05) is 42.5 Å². The number of aliphatic imine (C=N–C) groups is 1. The van der Waals surface area contributed by atoms with Crippen LogP contribution in [0, 0.1) is 0 Å². The van der Waals surface area contributed by atoms with E-state index < -0.39 is 12.3 Å². The average molecular weight is 315 g/mol. The first-order valence-electron chi connectivity index (χ1n) is 6.94. The highest BCUT2D eigenvalue weighted by Gasteiger charge is 2.34. The highest BCUT2D eigenvalue weighted by Crippen LogP contribution is 2.35. The molecule has 4 nitrogen and oxygen atoms in total. The molecular formula is C17H15ClN2O2. The highest BCUT2D eigenvalue weighted by molar-refractivity contribution is 6.41. The molecule has 1 aliphatic rings. The zero-order valence-electron chi connectivity index (χ0n) is 12.0. The van der Waals surface area contributed by atoms with Crippen LogP contribution in [0.15, 0.2) is 59.6 Å². The Hall–Kier alpha value is -2.17. The lowest BCUT2D eigenvalue weighted by Crippen LogP contribution is -2.30. The Labute approximate surface area is 133 Å². The van der Waals surface area contributed by atoms with Crippen LogP contribution >= 0.6 is 11.6 Å². The first kappa shape index (κ1) is 14.8. The minimum atomic E-state index is -0.498. The predicted molar refractivity (Wildman–Crippen MR) is 86.0 cm³/mol. The van der Waals surface area contributed by atoms with Crippen molar-refractivity contribution in [3.63, 3.8) is 0 Å². The Kier molecular flexibility index (Phi) is 4.22. The minimum absolute atomic E-state index is 0.238. The van der Waals surface area contributed by atoms with Crippen LogP contribution in [-0.2, 0) is 9.53 Å². The van der Waals surface area contributed by atoms with Gasteiger partial charge in [0.2, 0.25) is 0 Å². The molecule has 2 atom stereocenters. The molecule has 112 valence electrons. The molecule has 2 aromatic rings. The normalized spacial score (nSPS) is 20.5. The van der Waals surface area contributed by atoms with Crippen LogP contribution in [0.5, 0.6) is 0 Å². The van der Waals surface area contributed by atoms with E-state index >= 15 is 0 Å². The van der Waals surface area contributed by atoms with Gasteiger partial charge in [-0.1, -0.05) is 54.1 Å². The number of halogens is 1. The van der Waals surface area contributed by atoms with Gasteiger partial charge in [-0.3, -0.25) is 4.79 Å². The number of ether oxygens (including phenoxy) is 1. The van der Waals surface area contributed by atoms with Crippen molar-refractivity contribution in [1.82, 2.24) is 5.32 Å². The van der Waals surface area contributed by atoms with Crippen LogP contribution < -0.4 is 5.32 Å². The number of carbonyl (C=O) groups is 1. The van der Waals surface area contributed by atoms with Gasteiger partial charge in [0.15, 0.2) is 6.23 Å². The number of rotatable bonds is 3. The van der Waals surface area contributed by atoms with E-state index in [4.69, 9.17) is 16.3 Å². The zero-order valence-corrected chi connectivity index (χ0v) is 12.7. The Bertz CT molecular complexity index is 698. The van der Waals surface area contributed by atoms with Gasteiger partial charge in [0, 0.05) is 17.6 Å². The minimum Gasteiger partial charge on any atom is -0.354 e. The second-order valence-electron chi connectivity index (χ2n) is 4.92. The Morgan fingerprint density at radius 2 is 1.77 bits per heavy atom. The lowest BCUT2D eigenvalue weighted by atomic mass is 10.0. The first-order valence-corrected chi connectivity index (χ1v) is 7.32. The predicted octanol–water partition coefficient (Wildman–Crippen LogP) is 3.30. The van der Waals surface area contributed by atoms with Crippen molar-refractivity contribution in [3.8, 4) is 0 Å². The lowest BCUT2D eigenvalue weighted by molar-refractivity contribution is -0.114. The van der Waals surface area contributed by atoms with Crippen molar-refractivity contribution >= 4 is 23.2 Å². The molecule has 1 heterocycles. The average Bonchev–Trinajstić information content (AvgIpc) is 3.01. The van der Waals surface area contributed by atoms with Crippen LogP contribution in [0.4, 0.5) is 0 Å². The Balaban J connectivity index is 1.95. The van der Waals surface area contributed by atoms with E-state index in [-0.39, 0.29) is 5.91 Å². The smallest absolute Gasteiger partial charge is 0.268 e. The van der Waals surface area contributed by atoms with Crippen LogP contribution in [0.25, 0.3) is 0 Å². The van der Waals surface area contributed by atoms with Gasteiger partial charge < -0.3 is 10.1 Å². The van der Waals surface area contributed by atoms with E-state index in [1.165, 1.54) is 0 Å². The van der Waals surface area contributed by atoms with E-state index in [1.54, 1.807) is 19.2 Å². The molecule has 0 aliphatic carbocycles. The summed E-state index contributed by atoms with van der Waals surface area (Å²) in [5, 5.41) is 3.25. The molecule has 0 fully saturated rings. The summed E-state index contributed by atoms with van der Waals surface area (Å²) in [6.45, 7) is 0. The Morgan fingerprint density at radius 1 is 1.09 bits per heavy atom. The topological polar surface area (TPSA) is 50.7 Å². The molecule has 0 aromatic heterocycles. The molecule has 3 rings (SSSR count). The van der Waals surface area contributed by atoms with Crippen molar-refractivity contribution < 1.29 is 9.53 Å². The van der Waals surface area contributed by atoms with Gasteiger partial charge >= 0.3 is 0 Å². The van der Waals surface area contributed by atoms with Gasteiger partial charge in [-0.25, -0.2) is 4.99 Å². The van der Waals surface area contributed by atoms with Gasteiger partial charge in [-0.05, 0) is 17.7 Å². The summed E-state index contributed by atoms with van der Waals surface area (Å²) in [6.07, 6.45) is -0.975. The molecular weight excluding hydrogens is 300 g/mol. The molecule has 1 N–H and O–H groups in total. The Morgan fingerprint density at radius 3 is 2.41 bits per heavy atom. The molecule has 0 radical (unpaired) electrons. The second kappa shape index (κ2) is 6.30. The van der Waals surface area contributed by atoms with Gasteiger partial charge in [0.1, 0.15) is 11.8 Å². The third-order valence-corrected chi connectivity index (χ3v) is 3.74. The quantitative estimate of drug-likeness (QED) is 0.945. The molecule has 0 unspecified atom stereocenters. The largest absolute Gasteiger partial charge is 0.354 e. The summed E-state index contributed by atoms with van der Waals surface area (Å²) in [5.74, 6) is -0.238. The standard InChI is InChI=1S/C17H15ClN2O2/c1-19-16(21)14-15(11-7-9-13(18)10-8-11)22-17(20-14)12-5-3-2-4-6-12/h2-10,15,17H,1H3,(H,19,21)/t15-,17+/m0/s1. The van der Waals surface area contributed by atoms with E-state index in [9.17, 15) is 4.79 Å². The summed E-state index contributed by atoms with van der Waals surface area (Å²) >= 11 is 5.92. The maximum Gasteiger partial charge on any atom is 0.268 e. The molecule has 0 saturated heterocycles. The number of nitrogens with zero attached hydrogens (tertiary/aromatic N) is 1. The molecule has 0 bridgehead atoms. The van der Waals surface area contributed by atoms with Crippen molar-refractivity contribution in [2.75, 3.05) is 7.05 Å². The SMILES string of the molecule is CNC(=O)C1=N[C@@H](c2ccccc2)O[C@H]1c1ccc(Cl)cc1. The van der Waals surface area contributed by atoms with Crippen molar-refractivity contribution in [2.45, 2.75) is 12.3 Å². The third-order valence-electron chi connectivity index (χ3n) is 3.49. The number of amides is 1. The van der Waals surface area contributed by atoms with Gasteiger partial charge in [-0.15, -0.1) is 0 Å². The summed E-state index contributed by atoms with van der Waals surface area (Å²) < 4.78 is 6.00. The van der Waals surface area contributed by atoms with Crippen LogP contribution in [0.3, 0.4) is 0 Å². The molecule has 0 spiro atoms. The number of nitrogens with one attached hydrogen (secondary N) is 1. The number of hydrogen-bond acceptors (Lipinski definition) is 3. The first-order chi connectivity index (χ1) is 10.7. The van der Waals surface area contributed by atoms with Gasteiger partial charge in [0.05, 0.1) is 0 Å². The number of hydrogen-bond donors (Lipinski definition) is 1. The molecule has 5 heteroatoms. The van der Waals surface area contributed by atoms with E-state index in [2.05, 4.69) is 10.3 Å². The zero-order chi connectivity index (χ0) is 15.5. The maximum atomic E-state index is 12.1. The van der Waals surface area contributed by atoms with Crippen LogP contribution in [0.1, 0.15) is 23.5 Å². The molecule has 1 aliphatic heterocycles. The number of carbonyl (C=O) groups excluding carboxylic acids is 1. The van der Waals surface area contributed by atoms with Crippen molar-refractivity contribution in [3.05, 3.63) is 70.7 Å². The molecule has 1 amide bonds. The van der Waals surface area contributed by atoms with Gasteiger partial charge in [-0.2, -0.15) is 0 Å². The fourth-order valence-corrected chi connectivity index (χ4v) is 2.49. The highest BCUT2D eigenvalue weighted by atomic mass is 35.5. The van der Waals surface area contributed by atoms with Crippen LogP contribution in [-0.4, -0.2) is 18.7 Å². The third kappa shape index (κ3) is 2.89. The molecule has 0 saturated carbocycles. The molecule has 2 aromatic carbocycles. The summed E-state index contributed by atoms with van der Waals surface area (Å²) in [4.78, 5) is 16.6. The second-order valence-corrected chi connectivity index (χ2v) is 5.36. The summed E-state index contributed by atoms with van der Waals surface area (Å²) in [7, 11) is 1.58. The van der Waals surface area contributed by atoms with E-state index in [0.717, 1.165) is 11.1 Å². The van der Waals surface area contributed by atoms with Crippen LogP contribution in [0.2, 0.25) is 5.02 Å². The maximum absolute atomic E-state index is 12.1. The monoisotopic (exact) mass is 314 g/mol. The lowest BCUT2D eigenvalue weighted by Gasteiger charge is -2.15. The van der Waals surface area contributed by atoms with E-state index in [0.29, 0.717) is 10.7 Å². The number of benzene rings is 2. The summed E-state index contributed by atoms with van der Waals surface area (Å²) in [5.41, 5.74) is 2.14.